The predicted octanol–water partition coefficient (Wildman–Crippen LogP) is 12.9. The molecule has 0 aliphatic heterocycles. The second kappa shape index (κ2) is 20.9. The molecule has 13 heteroatoms. The summed E-state index contributed by atoms with van der Waals surface area (Å²) in [6.07, 6.45) is 11.1. The number of pyridine rings is 3. The molecule has 10 aromatic rings. The highest BCUT2D eigenvalue weighted by atomic mass is 32.1. The molecule has 0 saturated carbocycles. The number of benzene rings is 3. The third-order valence-corrected chi connectivity index (χ3v) is 14.0. The van der Waals surface area contributed by atoms with E-state index in [1.807, 2.05) is 124 Å². The molecule has 0 amide bonds. The maximum Gasteiger partial charge on any atom is 0.142 e. The molecule has 0 saturated heterocycles. The quantitative estimate of drug-likeness (QED) is 0.143. The van der Waals surface area contributed by atoms with E-state index in [1.54, 1.807) is 71.0 Å². The van der Waals surface area contributed by atoms with E-state index < -0.39 is 0 Å². The molecule has 9 nitrogen and oxygen atoms in total. The summed E-state index contributed by atoms with van der Waals surface area (Å²) in [7, 11) is 5.77. The monoisotopic (exact) mass is 899 g/mol. The number of thiazole rings is 3. The zero-order valence-corrected chi connectivity index (χ0v) is 37.8. The normalized spacial score (nSPS) is 10.6. The van der Waals surface area contributed by atoms with E-state index in [-0.39, 0.29) is 6.61 Å². The number of hydrogen-bond acceptors (Lipinski definition) is 13. The molecule has 10 rings (SSSR count). The number of methoxy groups -OCH3 is 1. The third-order valence-electron chi connectivity index (χ3n) is 9.48. The average Bonchev–Trinajstić information content (AvgIpc) is 4.21. The molecule has 0 atom stereocenters. The number of rotatable bonds is 10. The number of anilines is 1. The second-order valence-electron chi connectivity index (χ2n) is 13.9. The number of thiophene rings is 1. The first-order valence-corrected chi connectivity index (χ1v) is 23.0. The number of hydrogen-bond donors (Lipinski definition) is 1. The van der Waals surface area contributed by atoms with Gasteiger partial charge in [0.2, 0.25) is 0 Å². The van der Waals surface area contributed by atoms with Gasteiger partial charge in [-0.15, -0.1) is 45.3 Å². The van der Waals surface area contributed by atoms with Gasteiger partial charge in [0.05, 0.1) is 45.4 Å². The molecule has 0 radical (unpaired) electrons. The Morgan fingerprint density at radius 2 is 0.873 bits per heavy atom. The van der Waals surface area contributed by atoms with Crippen LogP contribution in [0, 0.1) is 0 Å². The lowest BCUT2D eigenvalue weighted by molar-refractivity contribution is 0.282. The van der Waals surface area contributed by atoms with Gasteiger partial charge >= 0.3 is 0 Å². The van der Waals surface area contributed by atoms with Gasteiger partial charge < -0.3 is 14.7 Å². The van der Waals surface area contributed by atoms with Gasteiger partial charge in [0.1, 0.15) is 20.8 Å². The van der Waals surface area contributed by atoms with Crippen molar-refractivity contribution in [3.05, 3.63) is 182 Å². The molecule has 0 aliphatic rings. The summed E-state index contributed by atoms with van der Waals surface area (Å²) in [5.41, 5.74) is 8.34. The van der Waals surface area contributed by atoms with Crippen LogP contribution in [0.1, 0.15) is 5.56 Å². The lowest BCUT2D eigenvalue weighted by atomic mass is 10.1. The van der Waals surface area contributed by atoms with Gasteiger partial charge in [0, 0.05) is 66.7 Å². The van der Waals surface area contributed by atoms with Crippen molar-refractivity contribution in [2.45, 2.75) is 6.61 Å². The molecule has 0 unspecified atom stereocenters. The third kappa shape index (κ3) is 11.0. The minimum absolute atomic E-state index is 0.0716. The van der Waals surface area contributed by atoms with E-state index in [2.05, 4.69) is 83.3 Å². The van der Waals surface area contributed by atoms with Gasteiger partial charge in [-0.3, -0.25) is 15.0 Å². The highest BCUT2D eigenvalue weighted by Gasteiger charge is 2.12. The number of nitrogens with zero attached hydrogens (tertiary/aromatic N) is 7. The van der Waals surface area contributed by atoms with Crippen LogP contribution in [0.15, 0.2) is 177 Å². The average molecular weight is 900 g/mol. The van der Waals surface area contributed by atoms with E-state index in [1.165, 1.54) is 31.4 Å². The molecular formula is C50H41N7O2S4. The molecule has 0 spiro atoms. The topological polar surface area (TPSA) is 110 Å². The van der Waals surface area contributed by atoms with Gasteiger partial charge in [-0.25, -0.2) is 15.0 Å². The smallest absolute Gasteiger partial charge is 0.142 e. The van der Waals surface area contributed by atoms with Crippen LogP contribution in [0.4, 0.5) is 5.69 Å². The van der Waals surface area contributed by atoms with Crippen molar-refractivity contribution >= 4 is 51.0 Å². The van der Waals surface area contributed by atoms with E-state index in [4.69, 9.17) is 9.84 Å². The number of ether oxygens (including phenoxy) is 1. The van der Waals surface area contributed by atoms with E-state index in [0.717, 1.165) is 58.7 Å². The highest BCUT2D eigenvalue weighted by molar-refractivity contribution is 7.25. The minimum Gasteiger partial charge on any atom is -0.497 e. The molecule has 7 aromatic heterocycles. The molecule has 0 bridgehead atoms. The Hall–Kier alpha value is -6.74. The van der Waals surface area contributed by atoms with E-state index in [9.17, 15) is 0 Å². The first-order chi connectivity index (χ1) is 30.9. The maximum absolute atomic E-state index is 9.03. The van der Waals surface area contributed by atoms with Crippen LogP contribution in [0.3, 0.4) is 0 Å². The van der Waals surface area contributed by atoms with Crippen LogP contribution in [-0.2, 0) is 6.61 Å². The summed E-state index contributed by atoms with van der Waals surface area (Å²) in [6, 6.07) is 46.4. The Bertz CT molecular complexity index is 2930. The Balaban J connectivity index is 0.000000131. The van der Waals surface area contributed by atoms with Crippen LogP contribution in [0.5, 0.6) is 5.75 Å². The zero-order valence-electron chi connectivity index (χ0n) is 34.6. The largest absolute Gasteiger partial charge is 0.497 e. The Morgan fingerprint density at radius 1 is 0.444 bits per heavy atom. The maximum atomic E-state index is 9.03. The standard InChI is InChI=1S/C19H14N2OS2.C16H15N3S.C15H12N2OS/c1-22-14-7-5-13(6-8-14)16-9-10-17(23-16)18-12-21-19(24-18)15-4-2-3-11-20-15;1-19(2)13-8-6-12(7-9-13)15-11-18-16(20-15)14-5-3-4-10-17-14;18-10-11-4-6-12(7-5-11)14-9-17-15(19-14)13-3-1-2-8-16-13/h2-12H,1H3;3-11H,1-2H3;1-9,18H,10H2. The zero-order chi connectivity index (χ0) is 43.4. The van der Waals surface area contributed by atoms with Crippen LogP contribution >= 0.6 is 45.3 Å². The Kier molecular flexibility index (Phi) is 14.2. The van der Waals surface area contributed by atoms with Gasteiger partial charge in [0.25, 0.3) is 0 Å². The van der Waals surface area contributed by atoms with Gasteiger partial charge in [-0.1, -0.05) is 54.6 Å². The summed E-state index contributed by atoms with van der Waals surface area (Å²) < 4.78 is 5.22. The van der Waals surface area contributed by atoms with Crippen molar-refractivity contribution in [3.63, 3.8) is 0 Å². The first kappa shape index (κ1) is 42.9. The van der Waals surface area contributed by atoms with Crippen molar-refractivity contribution in [2.75, 3.05) is 26.1 Å². The van der Waals surface area contributed by atoms with Crippen molar-refractivity contribution in [1.82, 2.24) is 29.9 Å². The van der Waals surface area contributed by atoms with Crippen molar-refractivity contribution in [1.29, 1.82) is 0 Å². The molecule has 63 heavy (non-hydrogen) atoms. The fourth-order valence-corrected chi connectivity index (χ4v) is 9.88. The number of aromatic nitrogens is 6. The summed E-state index contributed by atoms with van der Waals surface area (Å²) in [5.74, 6) is 0.873. The van der Waals surface area contributed by atoms with Crippen molar-refractivity contribution in [3.8, 4) is 78.9 Å². The number of aliphatic hydroxyl groups is 1. The van der Waals surface area contributed by atoms with E-state index >= 15 is 0 Å². The predicted molar refractivity (Wildman–Crippen MR) is 262 cm³/mol. The van der Waals surface area contributed by atoms with Crippen LogP contribution < -0.4 is 9.64 Å². The Morgan fingerprint density at radius 3 is 1.32 bits per heavy atom. The molecule has 1 N–H and O–H groups in total. The minimum atomic E-state index is 0.0716. The Labute approximate surface area is 382 Å². The lowest BCUT2D eigenvalue weighted by Crippen LogP contribution is -2.07. The van der Waals surface area contributed by atoms with Gasteiger partial charge in [0.15, 0.2) is 0 Å². The molecule has 0 fully saturated rings. The first-order valence-electron chi connectivity index (χ1n) is 19.8. The summed E-state index contributed by atoms with van der Waals surface area (Å²) in [4.78, 5) is 34.4. The van der Waals surface area contributed by atoms with E-state index in [0.29, 0.717) is 0 Å². The van der Waals surface area contributed by atoms with Crippen molar-refractivity contribution < 1.29 is 9.84 Å². The molecule has 7 heterocycles. The highest BCUT2D eigenvalue weighted by Crippen LogP contribution is 2.39. The van der Waals surface area contributed by atoms with Crippen LogP contribution in [0.2, 0.25) is 0 Å². The molecular weight excluding hydrogens is 859 g/mol. The SMILES string of the molecule is CN(C)c1ccc(-c2cnc(-c3ccccn3)s2)cc1.COc1ccc(-c2ccc(-c3cnc(-c4ccccn4)s3)s2)cc1.OCc1ccc(-c2cnc(-c3ccccn3)s2)cc1. The lowest BCUT2D eigenvalue weighted by Gasteiger charge is -2.12. The fourth-order valence-electron chi connectivity index (χ4n) is 6.11. The summed E-state index contributed by atoms with van der Waals surface area (Å²) >= 11 is 6.72. The molecule has 312 valence electrons. The van der Waals surface area contributed by atoms with Crippen LogP contribution in [0.25, 0.3) is 73.2 Å². The second-order valence-corrected chi connectivity index (χ2v) is 18.1. The van der Waals surface area contributed by atoms with Crippen molar-refractivity contribution in [2.24, 2.45) is 0 Å². The van der Waals surface area contributed by atoms with Crippen LogP contribution in [-0.4, -0.2) is 56.2 Å². The summed E-state index contributed by atoms with van der Waals surface area (Å²) in [6.45, 7) is 0.0716. The number of aliphatic hydroxyl groups excluding tert-OH is 1. The van der Waals surface area contributed by atoms with Gasteiger partial charge in [-0.05, 0) is 107 Å². The fraction of sp³-hybridized carbons (Fsp3) is 0.0800. The molecule has 0 aliphatic carbocycles. The molecule has 3 aromatic carbocycles. The summed E-state index contributed by atoms with van der Waals surface area (Å²) in [5, 5.41) is 11.9. The van der Waals surface area contributed by atoms with Gasteiger partial charge in [-0.2, -0.15) is 0 Å².